The standard InChI is InChI=1S/C31H36F3N3O8S2/c32-31(33,34)29-9-3-8-28(36-29)22-4-1-7-27(16-22)47(42,43)37-12-10-30(11-13-37)18-23(20-45-30)35-19-24(39)21-44-25-5-2-6-26(17-25)46(40,41)15-14-38/h1-9,16-17,23-24,35,38-39H,10-15,18-21H2. The van der Waals surface area contributed by atoms with E-state index in [4.69, 9.17) is 14.6 Å². The van der Waals surface area contributed by atoms with Crippen molar-refractivity contribution in [3.8, 4) is 17.0 Å². The summed E-state index contributed by atoms with van der Waals surface area (Å²) < 4.78 is 104. The van der Waals surface area contributed by atoms with Crippen LogP contribution in [0.3, 0.4) is 0 Å². The Hall–Kier alpha value is -3.12. The largest absolute Gasteiger partial charge is 0.491 e. The predicted octanol–water partition coefficient (Wildman–Crippen LogP) is 2.88. The van der Waals surface area contributed by atoms with Gasteiger partial charge in [-0.3, -0.25) is 0 Å². The van der Waals surface area contributed by atoms with Crippen molar-refractivity contribution in [3.63, 3.8) is 0 Å². The molecule has 47 heavy (non-hydrogen) atoms. The number of nitrogens with zero attached hydrogens (tertiary/aromatic N) is 2. The number of hydrogen-bond acceptors (Lipinski definition) is 10. The van der Waals surface area contributed by atoms with Gasteiger partial charge in [0.25, 0.3) is 0 Å². The molecule has 1 spiro atoms. The van der Waals surface area contributed by atoms with Gasteiger partial charge in [-0.2, -0.15) is 17.5 Å². The number of benzene rings is 2. The lowest BCUT2D eigenvalue weighted by atomic mass is 9.88. The van der Waals surface area contributed by atoms with Gasteiger partial charge in [0.05, 0.1) is 40.1 Å². The summed E-state index contributed by atoms with van der Waals surface area (Å²) in [5, 5.41) is 22.7. The van der Waals surface area contributed by atoms with Crippen LogP contribution in [-0.4, -0.2) is 99.3 Å². The summed E-state index contributed by atoms with van der Waals surface area (Å²) >= 11 is 0. The van der Waals surface area contributed by atoms with E-state index < -0.39 is 55.8 Å². The number of halogens is 3. The first-order valence-electron chi connectivity index (χ1n) is 15.0. The molecule has 2 aromatic carbocycles. The van der Waals surface area contributed by atoms with Crippen molar-refractivity contribution in [1.82, 2.24) is 14.6 Å². The first kappa shape index (κ1) is 35.2. The first-order chi connectivity index (χ1) is 22.2. The van der Waals surface area contributed by atoms with Gasteiger partial charge in [0.2, 0.25) is 10.0 Å². The predicted molar refractivity (Wildman–Crippen MR) is 165 cm³/mol. The highest BCUT2D eigenvalue weighted by Crippen LogP contribution is 2.38. The summed E-state index contributed by atoms with van der Waals surface area (Å²) in [4.78, 5) is 3.65. The van der Waals surface area contributed by atoms with Crippen LogP contribution in [0.2, 0.25) is 0 Å². The Bertz CT molecular complexity index is 1770. The van der Waals surface area contributed by atoms with Gasteiger partial charge in [0.1, 0.15) is 24.2 Å². The lowest BCUT2D eigenvalue weighted by Crippen LogP contribution is -2.47. The SMILES string of the molecule is O=S(=O)(CCO)c1cccc(OCC(O)CNC2COC3(CCN(S(=O)(=O)c4cccc(-c5cccc(C(F)(F)F)n5)c4)CC3)C2)c1. The lowest BCUT2D eigenvalue weighted by Gasteiger charge is -2.38. The number of aliphatic hydroxyl groups excluding tert-OH is 2. The molecular weight excluding hydrogens is 663 g/mol. The summed E-state index contributed by atoms with van der Waals surface area (Å²) in [5.41, 5.74) is -1.32. The van der Waals surface area contributed by atoms with Crippen molar-refractivity contribution in [1.29, 1.82) is 0 Å². The number of sulfone groups is 1. The molecule has 3 aromatic rings. The van der Waals surface area contributed by atoms with Crippen molar-refractivity contribution in [2.75, 3.05) is 45.2 Å². The van der Waals surface area contributed by atoms with Crippen LogP contribution in [0.4, 0.5) is 13.2 Å². The second kappa shape index (κ2) is 14.2. The molecule has 256 valence electrons. The molecular formula is C31H36F3N3O8S2. The highest BCUT2D eigenvalue weighted by atomic mass is 32.2. The Morgan fingerprint density at radius 2 is 1.72 bits per heavy atom. The Balaban J connectivity index is 1.11. The summed E-state index contributed by atoms with van der Waals surface area (Å²) in [5.74, 6) is -0.132. The van der Waals surface area contributed by atoms with E-state index in [0.717, 1.165) is 6.07 Å². The fraction of sp³-hybridized carbons (Fsp3) is 0.452. The molecule has 0 amide bonds. The number of hydrogen-bond donors (Lipinski definition) is 3. The molecule has 0 bridgehead atoms. The molecule has 0 saturated carbocycles. The minimum atomic E-state index is -4.63. The fourth-order valence-corrected chi connectivity index (χ4v) is 8.27. The maximum atomic E-state index is 13.5. The van der Waals surface area contributed by atoms with Crippen LogP contribution in [0.15, 0.2) is 76.5 Å². The van der Waals surface area contributed by atoms with Crippen LogP contribution in [0.25, 0.3) is 11.3 Å². The lowest BCUT2D eigenvalue weighted by molar-refractivity contribution is -0.141. The third kappa shape index (κ3) is 8.49. The minimum Gasteiger partial charge on any atom is -0.491 e. The maximum Gasteiger partial charge on any atom is 0.433 e. The van der Waals surface area contributed by atoms with E-state index in [-0.39, 0.29) is 59.1 Å². The number of aromatic nitrogens is 1. The van der Waals surface area contributed by atoms with Crippen molar-refractivity contribution >= 4 is 19.9 Å². The zero-order valence-electron chi connectivity index (χ0n) is 25.3. The van der Waals surface area contributed by atoms with Crippen LogP contribution in [-0.2, 0) is 30.8 Å². The van der Waals surface area contributed by atoms with Crippen molar-refractivity contribution in [2.45, 2.75) is 53.0 Å². The molecule has 0 radical (unpaired) electrons. The molecule has 3 N–H and O–H groups in total. The van der Waals surface area contributed by atoms with Gasteiger partial charge in [0.15, 0.2) is 9.84 Å². The third-order valence-electron chi connectivity index (χ3n) is 8.26. The van der Waals surface area contributed by atoms with Crippen molar-refractivity contribution in [3.05, 3.63) is 72.4 Å². The second-order valence-corrected chi connectivity index (χ2v) is 15.7. The number of aliphatic hydroxyl groups is 2. The molecule has 1 aromatic heterocycles. The van der Waals surface area contributed by atoms with Gasteiger partial charge >= 0.3 is 6.18 Å². The number of rotatable bonds is 12. The quantitative estimate of drug-likeness (QED) is 0.257. The van der Waals surface area contributed by atoms with Gasteiger partial charge in [-0.15, -0.1) is 0 Å². The summed E-state index contributed by atoms with van der Waals surface area (Å²) in [7, 11) is -7.57. The smallest absolute Gasteiger partial charge is 0.433 e. The van der Waals surface area contributed by atoms with Crippen molar-refractivity contribution < 1.29 is 49.7 Å². The van der Waals surface area contributed by atoms with Gasteiger partial charge in [-0.1, -0.05) is 24.3 Å². The molecule has 2 aliphatic rings. The minimum absolute atomic E-state index is 0.0166. The number of nitrogens with one attached hydrogen (secondary N) is 1. The number of alkyl halides is 3. The van der Waals surface area contributed by atoms with Crippen LogP contribution >= 0.6 is 0 Å². The van der Waals surface area contributed by atoms with Crippen molar-refractivity contribution in [2.24, 2.45) is 0 Å². The molecule has 2 saturated heterocycles. The zero-order valence-corrected chi connectivity index (χ0v) is 26.9. The molecule has 11 nitrogen and oxygen atoms in total. The molecule has 2 fully saturated rings. The summed E-state index contributed by atoms with van der Waals surface area (Å²) in [6.07, 6.45) is -4.03. The Morgan fingerprint density at radius 3 is 2.45 bits per heavy atom. The Morgan fingerprint density at radius 1 is 1.02 bits per heavy atom. The normalized spacial score (nSPS) is 19.6. The van der Waals surface area contributed by atoms with E-state index in [1.807, 2.05) is 0 Å². The molecule has 2 unspecified atom stereocenters. The van der Waals surface area contributed by atoms with E-state index in [2.05, 4.69) is 10.3 Å². The monoisotopic (exact) mass is 699 g/mol. The van der Waals surface area contributed by atoms with Gasteiger partial charge < -0.3 is 25.0 Å². The van der Waals surface area contributed by atoms with E-state index in [0.29, 0.717) is 25.9 Å². The van der Waals surface area contributed by atoms with Crippen LogP contribution in [0.1, 0.15) is 25.0 Å². The number of piperidine rings is 1. The highest BCUT2D eigenvalue weighted by molar-refractivity contribution is 7.91. The fourth-order valence-electron chi connectivity index (χ4n) is 5.73. The summed E-state index contributed by atoms with van der Waals surface area (Å²) in [6, 6.07) is 15.0. The average Bonchev–Trinajstić information content (AvgIpc) is 3.44. The Labute approximate surface area is 271 Å². The molecule has 5 rings (SSSR count). The van der Waals surface area contributed by atoms with Crippen LogP contribution in [0.5, 0.6) is 5.75 Å². The molecule has 2 atom stereocenters. The first-order valence-corrected chi connectivity index (χ1v) is 18.1. The molecule has 3 heterocycles. The summed E-state index contributed by atoms with van der Waals surface area (Å²) in [6.45, 7) is 0.368. The van der Waals surface area contributed by atoms with Gasteiger partial charge in [-0.05, 0) is 61.7 Å². The van der Waals surface area contributed by atoms with E-state index in [1.165, 1.54) is 58.9 Å². The number of ether oxygens (including phenoxy) is 2. The van der Waals surface area contributed by atoms with Gasteiger partial charge in [0, 0.05) is 31.2 Å². The van der Waals surface area contributed by atoms with E-state index in [1.54, 1.807) is 6.07 Å². The van der Waals surface area contributed by atoms with Gasteiger partial charge in [-0.25, -0.2) is 21.8 Å². The van der Waals surface area contributed by atoms with Crippen LogP contribution in [0, 0.1) is 0 Å². The molecule has 2 aliphatic heterocycles. The Kier molecular flexibility index (Phi) is 10.6. The van der Waals surface area contributed by atoms with E-state index in [9.17, 15) is 35.1 Å². The molecule has 16 heteroatoms. The second-order valence-electron chi connectivity index (χ2n) is 11.6. The highest BCUT2D eigenvalue weighted by Gasteiger charge is 2.45. The maximum absolute atomic E-state index is 13.5. The molecule has 0 aliphatic carbocycles. The third-order valence-corrected chi connectivity index (χ3v) is 11.8. The number of pyridine rings is 1. The zero-order chi connectivity index (χ0) is 33.9. The number of sulfonamides is 1. The van der Waals surface area contributed by atoms with Crippen LogP contribution < -0.4 is 10.1 Å². The average molecular weight is 700 g/mol. The topological polar surface area (TPSA) is 155 Å². The van der Waals surface area contributed by atoms with E-state index >= 15 is 0 Å².